The molecule has 0 aliphatic rings. The standard InChI is InChI=1S/C8H11N5/c1-6(8-2-3-9-13-8)12-7-4-10-11-5-7/h2-6,12H,1H3,(H,9,13)(H,10,11). The largest absolute Gasteiger partial charge is 0.374 e. The van der Waals surface area contributed by atoms with Crippen molar-refractivity contribution in [3.05, 3.63) is 30.4 Å². The van der Waals surface area contributed by atoms with Gasteiger partial charge in [0, 0.05) is 12.4 Å². The Balaban J connectivity index is 2.04. The highest BCUT2D eigenvalue weighted by atomic mass is 15.1. The molecule has 2 heterocycles. The van der Waals surface area contributed by atoms with Gasteiger partial charge >= 0.3 is 0 Å². The number of nitrogens with zero attached hydrogens (tertiary/aromatic N) is 2. The molecule has 68 valence electrons. The number of aromatic nitrogens is 4. The fourth-order valence-electron chi connectivity index (χ4n) is 1.17. The van der Waals surface area contributed by atoms with Crippen LogP contribution in [0, 0.1) is 0 Å². The first-order chi connectivity index (χ1) is 6.36. The fourth-order valence-corrected chi connectivity index (χ4v) is 1.17. The first-order valence-electron chi connectivity index (χ1n) is 4.11. The number of H-pyrrole nitrogens is 2. The maximum atomic E-state index is 3.88. The van der Waals surface area contributed by atoms with Gasteiger partial charge in [-0.3, -0.25) is 10.2 Å². The second-order valence-electron chi connectivity index (χ2n) is 2.86. The molecule has 1 unspecified atom stereocenters. The number of anilines is 1. The molecule has 2 rings (SSSR count). The average Bonchev–Trinajstić information content (AvgIpc) is 2.74. The van der Waals surface area contributed by atoms with E-state index in [0.717, 1.165) is 11.4 Å². The van der Waals surface area contributed by atoms with Crippen molar-refractivity contribution in [3.8, 4) is 0 Å². The van der Waals surface area contributed by atoms with Crippen molar-refractivity contribution >= 4 is 5.69 Å². The molecule has 3 N–H and O–H groups in total. The molecule has 5 heteroatoms. The van der Waals surface area contributed by atoms with E-state index in [0.29, 0.717) is 0 Å². The van der Waals surface area contributed by atoms with Crippen LogP contribution in [0.4, 0.5) is 5.69 Å². The third-order valence-corrected chi connectivity index (χ3v) is 1.87. The lowest BCUT2D eigenvalue weighted by atomic mass is 10.2. The monoisotopic (exact) mass is 177 g/mol. The molecule has 0 aliphatic heterocycles. The predicted molar refractivity (Wildman–Crippen MR) is 49.2 cm³/mol. The average molecular weight is 177 g/mol. The first kappa shape index (κ1) is 7.85. The summed E-state index contributed by atoms with van der Waals surface area (Å²) in [6, 6.07) is 2.15. The van der Waals surface area contributed by atoms with Crippen LogP contribution in [0.5, 0.6) is 0 Å². The molecule has 0 radical (unpaired) electrons. The van der Waals surface area contributed by atoms with Gasteiger partial charge in [-0.2, -0.15) is 10.2 Å². The quantitative estimate of drug-likeness (QED) is 0.662. The number of aromatic amines is 2. The van der Waals surface area contributed by atoms with Crippen LogP contribution in [-0.4, -0.2) is 20.4 Å². The first-order valence-corrected chi connectivity index (χ1v) is 4.11. The van der Waals surface area contributed by atoms with Crippen LogP contribution in [-0.2, 0) is 0 Å². The van der Waals surface area contributed by atoms with E-state index >= 15 is 0 Å². The highest BCUT2D eigenvalue weighted by Gasteiger charge is 2.05. The minimum atomic E-state index is 0.208. The molecule has 2 aromatic heterocycles. The Morgan fingerprint density at radius 1 is 1.46 bits per heavy atom. The van der Waals surface area contributed by atoms with Crippen LogP contribution >= 0.6 is 0 Å². The molecule has 0 saturated carbocycles. The fraction of sp³-hybridized carbons (Fsp3) is 0.250. The van der Waals surface area contributed by atoms with E-state index in [4.69, 9.17) is 0 Å². The summed E-state index contributed by atoms with van der Waals surface area (Å²) in [4.78, 5) is 0. The molecule has 13 heavy (non-hydrogen) atoms. The zero-order chi connectivity index (χ0) is 9.10. The van der Waals surface area contributed by atoms with Crippen molar-refractivity contribution in [2.75, 3.05) is 5.32 Å². The molecular formula is C8H11N5. The molecule has 0 aromatic carbocycles. The molecule has 0 aliphatic carbocycles. The maximum Gasteiger partial charge on any atom is 0.0729 e. The summed E-state index contributed by atoms with van der Waals surface area (Å²) in [5.41, 5.74) is 2.03. The third kappa shape index (κ3) is 1.69. The lowest BCUT2D eigenvalue weighted by Gasteiger charge is -2.10. The van der Waals surface area contributed by atoms with Gasteiger partial charge in [-0.25, -0.2) is 0 Å². The Labute approximate surface area is 75.6 Å². The maximum absolute atomic E-state index is 3.88. The van der Waals surface area contributed by atoms with Crippen molar-refractivity contribution < 1.29 is 0 Å². The van der Waals surface area contributed by atoms with E-state index < -0.39 is 0 Å². The van der Waals surface area contributed by atoms with Crippen molar-refractivity contribution in [2.45, 2.75) is 13.0 Å². The highest BCUT2D eigenvalue weighted by Crippen LogP contribution is 2.14. The number of rotatable bonds is 3. The van der Waals surface area contributed by atoms with Crippen LogP contribution in [0.2, 0.25) is 0 Å². The Hall–Kier alpha value is -1.78. The van der Waals surface area contributed by atoms with Gasteiger partial charge in [0.25, 0.3) is 0 Å². The molecule has 0 amide bonds. The normalized spacial score (nSPS) is 12.7. The highest BCUT2D eigenvalue weighted by molar-refractivity contribution is 5.39. The zero-order valence-corrected chi connectivity index (χ0v) is 7.28. The summed E-state index contributed by atoms with van der Waals surface area (Å²) in [6.45, 7) is 2.06. The second kappa shape index (κ2) is 3.30. The van der Waals surface area contributed by atoms with Gasteiger partial charge in [0.1, 0.15) is 0 Å². The Bertz CT molecular complexity index is 337. The zero-order valence-electron chi connectivity index (χ0n) is 7.28. The van der Waals surface area contributed by atoms with Crippen LogP contribution in [0.15, 0.2) is 24.7 Å². The van der Waals surface area contributed by atoms with Crippen LogP contribution in [0.25, 0.3) is 0 Å². The van der Waals surface area contributed by atoms with Crippen molar-refractivity contribution in [1.29, 1.82) is 0 Å². The van der Waals surface area contributed by atoms with E-state index in [2.05, 4.69) is 32.6 Å². The van der Waals surface area contributed by atoms with Gasteiger partial charge in [-0.05, 0) is 13.0 Å². The molecule has 1 atom stereocenters. The third-order valence-electron chi connectivity index (χ3n) is 1.87. The minimum absolute atomic E-state index is 0.208. The summed E-state index contributed by atoms with van der Waals surface area (Å²) in [5.74, 6) is 0. The summed E-state index contributed by atoms with van der Waals surface area (Å²) >= 11 is 0. The topological polar surface area (TPSA) is 69.4 Å². The molecule has 0 spiro atoms. The van der Waals surface area contributed by atoms with Gasteiger partial charge in [0.15, 0.2) is 0 Å². The van der Waals surface area contributed by atoms with Crippen molar-refractivity contribution in [3.63, 3.8) is 0 Å². The Kier molecular flexibility index (Phi) is 1.99. The summed E-state index contributed by atoms with van der Waals surface area (Å²) in [6.07, 6.45) is 5.29. The van der Waals surface area contributed by atoms with E-state index in [9.17, 15) is 0 Å². The number of nitrogens with one attached hydrogen (secondary N) is 3. The summed E-state index contributed by atoms with van der Waals surface area (Å²) < 4.78 is 0. The van der Waals surface area contributed by atoms with Crippen LogP contribution in [0.1, 0.15) is 18.7 Å². The van der Waals surface area contributed by atoms with E-state index in [1.807, 2.05) is 12.3 Å². The van der Waals surface area contributed by atoms with Crippen LogP contribution in [0.3, 0.4) is 0 Å². The molecule has 2 aromatic rings. The number of hydrogen-bond acceptors (Lipinski definition) is 3. The lowest BCUT2D eigenvalue weighted by molar-refractivity contribution is 0.826. The van der Waals surface area contributed by atoms with Gasteiger partial charge in [0.2, 0.25) is 0 Å². The molecule has 5 nitrogen and oxygen atoms in total. The van der Waals surface area contributed by atoms with Crippen molar-refractivity contribution in [1.82, 2.24) is 20.4 Å². The van der Waals surface area contributed by atoms with Gasteiger partial charge < -0.3 is 5.32 Å². The molecule has 0 fully saturated rings. The van der Waals surface area contributed by atoms with Gasteiger partial charge in [0.05, 0.1) is 23.6 Å². The molecule has 0 bridgehead atoms. The Morgan fingerprint density at radius 3 is 3.00 bits per heavy atom. The minimum Gasteiger partial charge on any atom is -0.374 e. The van der Waals surface area contributed by atoms with Gasteiger partial charge in [-0.1, -0.05) is 0 Å². The van der Waals surface area contributed by atoms with E-state index in [1.54, 1.807) is 12.4 Å². The summed E-state index contributed by atoms with van der Waals surface area (Å²) in [7, 11) is 0. The van der Waals surface area contributed by atoms with Crippen LogP contribution < -0.4 is 5.32 Å². The SMILES string of the molecule is CC(Nc1cn[nH]c1)c1ccn[nH]1. The lowest BCUT2D eigenvalue weighted by Crippen LogP contribution is -2.06. The van der Waals surface area contributed by atoms with Gasteiger partial charge in [-0.15, -0.1) is 0 Å². The molecule has 0 saturated heterocycles. The second-order valence-corrected chi connectivity index (χ2v) is 2.86. The van der Waals surface area contributed by atoms with E-state index in [1.165, 1.54) is 0 Å². The predicted octanol–water partition coefficient (Wildman–Crippen LogP) is 1.31. The smallest absolute Gasteiger partial charge is 0.0729 e. The Morgan fingerprint density at radius 2 is 2.38 bits per heavy atom. The van der Waals surface area contributed by atoms with E-state index in [-0.39, 0.29) is 6.04 Å². The van der Waals surface area contributed by atoms with Crippen molar-refractivity contribution in [2.24, 2.45) is 0 Å². The number of hydrogen-bond donors (Lipinski definition) is 3. The summed E-state index contributed by atoms with van der Waals surface area (Å²) in [5, 5.41) is 16.6. The molecular weight excluding hydrogens is 166 g/mol.